The van der Waals surface area contributed by atoms with Crippen molar-refractivity contribution in [2.24, 2.45) is 11.8 Å². The predicted octanol–water partition coefficient (Wildman–Crippen LogP) is 5.85. The Kier molecular flexibility index (Phi) is 14.0. The zero-order valence-corrected chi connectivity index (χ0v) is 24.3. The summed E-state index contributed by atoms with van der Waals surface area (Å²) < 4.78 is 29.5. The summed E-state index contributed by atoms with van der Waals surface area (Å²) in [6.07, 6.45) is 18.6. The molecule has 7 heteroatoms. The van der Waals surface area contributed by atoms with Crippen LogP contribution in [0.15, 0.2) is 24.3 Å². The van der Waals surface area contributed by atoms with Crippen LogP contribution in [-0.2, 0) is 28.5 Å². The van der Waals surface area contributed by atoms with Crippen LogP contribution in [0.3, 0.4) is 0 Å². The van der Waals surface area contributed by atoms with Crippen molar-refractivity contribution >= 4 is 5.97 Å². The molecule has 7 atom stereocenters. The molecule has 0 radical (unpaired) electrons. The van der Waals surface area contributed by atoms with Gasteiger partial charge in [0.1, 0.15) is 0 Å². The summed E-state index contributed by atoms with van der Waals surface area (Å²) in [5.41, 5.74) is -0.528. The Morgan fingerprint density at radius 3 is 2.51 bits per heavy atom. The summed E-state index contributed by atoms with van der Waals surface area (Å²) in [4.78, 5) is 11.4. The van der Waals surface area contributed by atoms with Crippen molar-refractivity contribution in [2.75, 3.05) is 20.3 Å². The van der Waals surface area contributed by atoms with Crippen molar-refractivity contribution in [3.8, 4) is 11.8 Å². The summed E-state index contributed by atoms with van der Waals surface area (Å²) >= 11 is 0. The molecule has 0 bridgehead atoms. The molecule has 3 unspecified atom stereocenters. The summed E-state index contributed by atoms with van der Waals surface area (Å²) in [6.45, 7) is 5.44. The number of methoxy groups -OCH3 is 1. The van der Waals surface area contributed by atoms with Crippen LogP contribution in [0.5, 0.6) is 0 Å². The van der Waals surface area contributed by atoms with Crippen molar-refractivity contribution in [3.05, 3.63) is 24.3 Å². The molecule has 2 saturated heterocycles. The summed E-state index contributed by atoms with van der Waals surface area (Å²) in [7, 11) is 1.42. The van der Waals surface area contributed by atoms with Gasteiger partial charge in [0, 0.05) is 38.4 Å². The first-order valence-corrected chi connectivity index (χ1v) is 15.0. The van der Waals surface area contributed by atoms with Gasteiger partial charge in [-0.1, -0.05) is 24.3 Å². The molecule has 1 N–H and O–H groups in total. The van der Waals surface area contributed by atoms with Crippen LogP contribution in [-0.4, -0.2) is 61.8 Å². The van der Waals surface area contributed by atoms with Gasteiger partial charge in [-0.2, -0.15) is 0 Å². The highest BCUT2D eigenvalue weighted by atomic mass is 16.7. The third-order valence-corrected chi connectivity index (χ3v) is 8.04. The Labute approximate surface area is 235 Å². The largest absolute Gasteiger partial charge is 0.469 e. The molecule has 7 nitrogen and oxygen atoms in total. The maximum atomic E-state index is 11.4. The first-order chi connectivity index (χ1) is 18.9. The molecule has 2 heterocycles. The smallest absolute Gasteiger partial charge is 0.305 e. The van der Waals surface area contributed by atoms with Gasteiger partial charge in [0.15, 0.2) is 12.6 Å². The van der Waals surface area contributed by atoms with Crippen LogP contribution >= 0.6 is 0 Å². The summed E-state index contributed by atoms with van der Waals surface area (Å²) in [5, 5.41) is 11.1. The topological polar surface area (TPSA) is 83.5 Å². The van der Waals surface area contributed by atoms with E-state index in [2.05, 4.69) is 43.1 Å². The van der Waals surface area contributed by atoms with E-state index in [0.717, 1.165) is 83.8 Å². The lowest BCUT2D eigenvalue weighted by Gasteiger charge is -2.34. The van der Waals surface area contributed by atoms with Crippen LogP contribution in [0, 0.1) is 23.7 Å². The normalized spacial score (nSPS) is 31.2. The van der Waals surface area contributed by atoms with Gasteiger partial charge >= 0.3 is 5.97 Å². The van der Waals surface area contributed by atoms with Crippen LogP contribution in [0.25, 0.3) is 0 Å². The van der Waals surface area contributed by atoms with Crippen molar-refractivity contribution in [3.63, 3.8) is 0 Å². The second kappa shape index (κ2) is 17.2. The first kappa shape index (κ1) is 31.8. The predicted molar refractivity (Wildman–Crippen MR) is 151 cm³/mol. The lowest BCUT2D eigenvalue weighted by atomic mass is 9.87. The summed E-state index contributed by atoms with van der Waals surface area (Å²) in [5.74, 6) is 6.04. The number of aliphatic hydroxyl groups is 1. The van der Waals surface area contributed by atoms with Gasteiger partial charge < -0.3 is 28.8 Å². The number of hydrogen-bond donors (Lipinski definition) is 1. The van der Waals surface area contributed by atoms with Gasteiger partial charge in [-0.15, -0.1) is 11.8 Å². The molecule has 1 aliphatic carbocycles. The molecule has 0 amide bonds. The SMILES string of the molecule is CC#CCCC(C)(/C=C/[C@@H]1[C@@H](C/C=C\CCCC(=O)OC)[C@@H](O)C[C@H]1OC1CCCCO1)OC1CCCCO1. The van der Waals surface area contributed by atoms with E-state index in [0.29, 0.717) is 12.8 Å². The second-order valence-electron chi connectivity index (χ2n) is 11.2. The van der Waals surface area contributed by atoms with E-state index in [1.165, 1.54) is 7.11 Å². The monoisotopic (exact) mass is 546 g/mol. The standard InChI is InChI=1S/C32H50O7/c1-4-5-12-20-32(2,39-31-18-11-14-23-37-31)21-19-26-25(15-8-6-7-9-16-29(34)35-3)27(33)24-28(26)38-30-17-10-13-22-36-30/h6,8,19,21,25-28,30-31,33H,7,9-18,20,22-24H2,1-3H3/b8-6-,21-19+/t25-,26-,27+,28-,30?,31?,32?/m1/s1. The fourth-order valence-corrected chi connectivity index (χ4v) is 5.72. The van der Waals surface area contributed by atoms with E-state index in [1.54, 1.807) is 0 Å². The minimum Gasteiger partial charge on any atom is -0.469 e. The van der Waals surface area contributed by atoms with Crippen molar-refractivity contribution < 1.29 is 33.6 Å². The number of rotatable bonds is 14. The van der Waals surface area contributed by atoms with Gasteiger partial charge in [0.05, 0.1) is 24.9 Å². The van der Waals surface area contributed by atoms with Gasteiger partial charge in [-0.05, 0) is 84.0 Å². The molecule has 0 aromatic rings. The Hall–Kier alpha value is -1.69. The fraction of sp³-hybridized carbons (Fsp3) is 0.781. The molecule has 0 aromatic heterocycles. The highest BCUT2D eigenvalue weighted by Gasteiger charge is 2.43. The molecule has 39 heavy (non-hydrogen) atoms. The minimum absolute atomic E-state index is 0.0253. The molecule has 1 saturated carbocycles. The number of unbranched alkanes of at least 4 members (excludes halogenated alkanes) is 1. The molecular weight excluding hydrogens is 496 g/mol. The molecule has 220 valence electrons. The third-order valence-electron chi connectivity index (χ3n) is 8.04. The second-order valence-corrected chi connectivity index (χ2v) is 11.2. The van der Waals surface area contributed by atoms with E-state index >= 15 is 0 Å². The molecule has 3 rings (SSSR count). The third kappa shape index (κ3) is 11.0. The number of hydrogen-bond acceptors (Lipinski definition) is 7. The maximum absolute atomic E-state index is 11.4. The zero-order chi connectivity index (χ0) is 27.9. The fourth-order valence-electron chi connectivity index (χ4n) is 5.72. The number of carbonyl (C=O) groups excluding carboxylic acids is 1. The van der Waals surface area contributed by atoms with E-state index in [1.807, 2.05) is 6.92 Å². The number of allylic oxidation sites excluding steroid dienone is 2. The Morgan fingerprint density at radius 1 is 1.10 bits per heavy atom. The van der Waals surface area contributed by atoms with E-state index in [4.69, 9.17) is 23.7 Å². The van der Waals surface area contributed by atoms with Gasteiger partial charge in [-0.25, -0.2) is 0 Å². The number of esters is 1. The molecule has 3 fully saturated rings. The quantitative estimate of drug-likeness (QED) is 0.127. The average Bonchev–Trinajstić information content (AvgIpc) is 3.23. The van der Waals surface area contributed by atoms with Gasteiger partial charge in [0.25, 0.3) is 0 Å². The minimum atomic E-state index is -0.528. The van der Waals surface area contributed by atoms with Crippen molar-refractivity contribution in [1.29, 1.82) is 0 Å². The summed E-state index contributed by atoms with van der Waals surface area (Å²) in [6, 6.07) is 0. The number of aliphatic hydroxyl groups excluding tert-OH is 1. The first-order valence-electron chi connectivity index (χ1n) is 15.0. The van der Waals surface area contributed by atoms with Crippen LogP contribution in [0.2, 0.25) is 0 Å². The Morgan fingerprint density at radius 2 is 1.85 bits per heavy atom. The Balaban J connectivity index is 1.72. The van der Waals surface area contributed by atoms with Crippen molar-refractivity contribution in [2.45, 2.75) is 128 Å². The zero-order valence-electron chi connectivity index (χ0n) is 24.3. The molecule has 0 spiro atoms. The highest BCUT2D eigenvalue weighted by molar-refractivity contribution is 5.69. The van der Waals surface area contributed by atoms with Crippen LogP contribution in [0.1, 0.15) is 97.3 Å². The van der Waals surface area contributed by atoms with Gasteiger partial charge in [-0.3, -0.25) is 4.79 Å². The number of carbonyl (C=O) groups is 1. The lowest BCUT2D eigenvalue weighted by Crippen LogP contribution is -2.36. The van der Waals surface area contributed by atoms with Gasteiger partial charge in [0.2, 0.25) is 0 Å². The molecule has 3 aliphatic rings. The maximum Gasteiger partial charge on any atom is 0.305 e. The van der Waals surface area contributed by atoms with Crippen LogP contribution in [0.4, 0.5) is 0 Å². The lowest BCUT2D eigenvalue weighted by molar-refractivity contribution is -0.208. The Bertz CT molecular complexity index is 831. The van der Waals surface area contributed by atoms with Crippen molar-refractivity contribution in [1.82, 2.24) is 0 Å². The number of ether oxygens (including phenoxy) is 5. The molecule has 0 aromatic carbocycles. The highest BCUT2D eigenvalue weighted by Crippen LogP contribution is 2.40. The van der Waals surface area contributed by atoms with E-state index in [9.17, 15) is 9.90 Å². The average molecular weight is 547 g/mol. The van der Waals surface area contributed by atoms with E-state index in [-0.39, 0.29) is 36.5 Å². The van der Waals surface area contributed by atoms with E-state index < -0.39 is 11.7 Å². The van der Waals surface area contributed by atoms with Crippen LogP contribution < -0.4 is 0 Å². The molecule has 2 aliphatic heterocycles. The molecular formula is C32H50O7.